The molecular formula is C28H20Cl2F3NO2. The number of allylic oxidation sites excluding steroid dienone is 1. The van der Waals surface area contributed by atoms with Crippen LogP contribution >= 0.6 is 23.2 Å². The minimum atomic E-state index is -4.62. The lowest BCUT2D eigenvalue weighted by Gasteiger charge is -2.20. The van der Waals surface area contributed by atoms with Crippen molar-refractivity contribution in [2.24, 2.45) is 0 Å². The zero-order valence-corrected chi connectivity index (χ0v) is 20.5. The predicted octanol–water partition coefficient (Wildman–Crippen LogP) is 8.96. The summed E-state index contributed by atoms with van der Waals surface area (Å²) in [5, 5.41) is 10.0. The number of aromatic amines is 1. The number of aliphatic carboxylic acids is 1. The topological polar surface area (TPSA) is 53.1 Å². The molecule has 0 aliphatic heterocycles. The number of alkyl halides is 3. The zero-order valence-electron chi connectivity index (χ0n) is 19.0. The number of benzene rings is 3. The lowest BCUT2D eigenvalue weighted by atomic mass is 9.88. The molecule has 0 fully saturated rings. The largest absolute Gasteiger partial charge is 0.478 e. The Kier molecular flexibility index (Phi) is 7.29. The molecule has 4 aromatic rings. The molecule has 3 nitrogen and oxygen atoms in total. The van der Waals surface area contributed by atoms with Gasteiger partial charge in [-0.25, -0.2) is 4.79 Å². The third-order valence-electron chi connectivity index (χ3n) is 5.78. The number of hydrogen-bond acceptors (Lipinski definition) is 1. The van der Waals surface area contributed by atoms with Crippen molar-refractivity contribution in [2.75, 3.05) is 0 Å². The van der Waals surface area contributed by atoms with Crippen molar-refractivity contribution in [1.29, 1.82) is 0 Å². The van der Waals surface area contributed by atoms with Gasteiger partial charge in [0, 0.05) is 27.6 Å². The van der Waals surface area contributed by atoms with Crippen LogP contribution in [-0.4, -0.2) is 16.1 Å². The van der Waals surface area contributed by atoms with Crippen LogP contribution in [0.2, 0.25) is 10.0 Å². The number of rotatable bonds is 6. The molecule has 0 spiro atoms. The van der Waals surface area contributed by atoms with Gasteiger partial charge in [0.25, 0.3) is 0 Å². The van der Waals surface area contributed by atoms with E-state index in [0.29, 0.717) is 33.0 Å². The number of aromatic nitrogens is 1. The average molecular weight is 530 g/mol. The minimum absolute atomic E-state index is 0.00831. The second kappa shape index (κ2) is 10.2. The third kappa shape index (κ3) is 5.20. The molecule has 3 aromatic carbocycles. The summed E-state index contributed by atoms with van der Waals surface area (Å²) in [5.41, 5.74) is 2.61. The van der Waals surface area contributed by atoms with E-state index < -0.39 is 17.7 Å². The van der Waals surface area contributed by atoms with E-state index in [2.05, 4.69) is 4.98 Å². The van der Waals surface area contributed by atoms with E-state index in [0.717, 1.165) is 23.0 Å². The Balaban J connectivity index is 2.04. The summed E-state index contributed by atoms with van der Waals surface area (Å²) in [7, 11) is 0. The van der Waals surface area contributed by atoms with Crippen molar-refractivity contribution in [2.45, 2.75) is 19.5 Å². The number of H-pyrrole nitrogens is 1. The van der Waals surface area contributed by atoms with E-state index in [9.17, 15) is 18.0 Å². The monoisotopic (exact) mass is 529 g/mol. The molecule has 0 aliphatic rings. The van der Waals surface area contributed by atoms with Gasteiger partial charge in [0.2, 0.25) is 0 Å². The number of carboxylic acid groups (broad SMARTS) is 1. The van der Waals surface area contributed by atoms with Crippen molar-refractivity contribution in [3.05, 3.63) is 111 Å². The normalized spacial score (nSPS) is 12.8. The maximum absolute atomic E-state index is 14.1. The summed E-state index contributed by atoms with van der Waals surface area (Å²) >= 11 is 12.7. The van der Waals surface area contributed by atoms with Crippen LogP contribution in [-0.2, 0) is 11.0 Å². The fourth-order valence-corrected chi connectivity index (χ4v) is 4.67. The van der Waals surface area contributed by atoms with Crippen LogP contribution in [0.4, 0.5) is 13.2 Å². The number of carbonyl (C=O) groups is 1. The Labute approximate surface area is 215 Å². The fourth-order valence-electron chi connectivity index (χ4n) is 4.19. The Morgan fingerprint density at radius 3 is 2.33 bits per heavy atom. The summed E-state index contributed by atoms with van der Waals surface area (Å²) in [6.45, 7) is 1.78. The molecule has 0 unspecified atom stereocenters. The van der Waals surface area contributed by atoms with E-state index in [4.69, 9.17) is 28.3 Å². The van der Waals surface area contributed by atoms with Gasteiger partial charge in [-0.05, 0) is 53.0 Å². The van der Waals surface area contributed by atoms with Gasteiger partial charge in [-0.15, -0.1) is 0 Å². The summed E-state index contributed by atoms with van der Waals surface area (Å²) < 4.78 is 42.2. The summed E-state index contributed by atoms with van der Waals surface area (Å²) in [5.74, 6) is -1.08. The molecule has 1 aromatic heterocycles. The molecule has 0 amide bonds. The van der Waals surface area contributed by atoms with Gasteiger partial charge < -0.3 is 10.1 Å². The Bertz CT molecular complexity index is 1500. The van der Waals surface area contributed by atoms with E-state index in [1.807, 2.05) is 24.3 Å². The average Bonchev–Trinajstić information content (AvgIpc) is 3.17. The van der Waals surface area contributed by atoms with Crippen LogP contribution < -0.4 is 0 Å². The van der Waals surface area contributed by atoms with Crippen molar-refractivity contribution in [3.63, 3.8) is 0 Å². The van der Waals surface area contributed by atoms with E-state index in [1.165, 1.54) is 18.2 Å². The second-order valence-electron chi connectivity index (χ2n) is 8.05. The summed E-state index contributed by atoms with van der Waals surface area (Å²) in [6.07, 6.45) is -1.90. The first-order valence-electron chi connectivity index (χ1n) is 11.0. The molecule has 1 heterocycles. The van der Waals surface area contributed by atoms with Gasteiger partial charge in [0.05, 0.1) is 16.3 Å². The Morgan fingerprint density at radius 2 is 1.72 bits per heavy atom. The van der Waals surface area contributed by atoms with Gasteiger partial charge >= 0.3 is 12.1 Å². The molecule has 0 aliphatic carbocycles. The highest BCUT2D eigenvalue weighted by Crippen LogP contribution is 2.44. The number of carboxylic acids is 1. The smallest absolute Gasteiger partial charge is 0.417 e. The lowest BCUT2D eigenvalue weighted by molar-refractivity contribution is -0.137. The molecule has 8 heteroatoms. The number of fused-ring (bicyclic) bond motifs is 1. The maximum Gasteiger partial charge on any atom is 0.417 e. The van der Waals surface area contributed by atoms with E-state index in [1.54, 1.807) is 31.2 Å². The third-order valence-corrected chi connectivity index (χ3v) is 6.41. The second-order valence-corrected chi connectivity index (χ2v) is 8.86. The van der Waals surface area contributed by atoms with Gasteiger partial charge in [0.1, 0.15) is 0 Å². The molecule has 4 rings (SSSR count). The lowest BCUT2D eigenvalue weighted by Crippen LogP contribution is -2.10. The highest BCUT2D eigenvalue weighted by Gasteiger charge is 2.35. The molecular weight excluding hydrogens is 510 g/mol. The van der Waals surface area contributed by atoms with Gasteiger partial charge in [-0.2, -0.15) is 13.2 Å². The molecule has 0 atom stereocenters. The van der Waals surface area contributed by atoms with Crippen LogP contribution in [0.5, 0.6) is 0 Å². The molecule has 0 bridgehead atoms. The van der Waals surface area contributed by atoms with E-state index in [-0.39, 0.29) is 17.0 Å². The quantitative estimate of drug-likeness (QED) is 0.193. The molecule has 184 valence electrons. The van der Waals surface area contributed by atoms with Crippen molar-refractivity contribution < 1.29 is 23.1 Å². The fraction of sp³-hybridized carbons (Fsp3) is 0.107. The highest BCUT2D eigenvalue weighted by molar-refractivity contribution is 6.38. The Hall–Kier alpha value is -3.48. The van der Waals surface area contributed by atoms with Gasteiger partial charge in [0.15, 0.2) is 0 Å². The molecule has 2 N–H and O–H groups in total. The number of halogens is 5. The van der Waals surface area contributed by atoms with Crippen molar-refractivity contribution in [3.8, 4) is 0 Å². The van der Waals surface area contributed by atoms with E-state index >= 15 is 0 Å². The first kappa shape index (κ1) is 25.6. The van der Waals surface area contributed by atoms with Crippen LogP contribution in [0, 0.1) is 0 Å². The molecule has 0 saturated carbocycles. The molecule has 0 radical (unpaired) electrons. The van der Waals surface area contributed by atoms with Crippen LogP contribution in [0.15, 0.2) is 72.8 Å². The van der Waals surface area contributed by atoms with Gasteiger partial charge in [-0.1, -0.05) is 78.7 Å². The molecule has 36 heavy (non-hydrogen) atoms. The van der Waals surface area contributed by atoms with Crippen LogP contribution in [0.3, 0.4) is 0 Å². The zero-order chi connectivity index (χ0) is 26.0. The number of hydrogen-bond donors (Lipinski definition) is 2. The highest BCUT2D eigenvalue weighted by atomic mass is 35.5. The molecule has 0 saturated heterocycles. The Morgan fingerprint density at radius 1 is 1.03 bits per heavy atom. The van der Waals surface area contributed by atoms with Crippen LogP contribution in [0.1, 0.15) is 41.3 Å². The van der Waals surface area contributed by atoms with Crippen LogP contribution in [0.25, 0.3) is 28.1 Å². The summed E-state index contributed by atoms with van der Waals surface area (Å²) in [6, 6.07) is 18.0. The summed E-state index contributed by atoms with van der Waals surface area (Å²) in [4.78, 5) is 14.1. The van der Waals surface area contributed by atoms with Gasteiger partial charge in [-0.3, -0.25) is 0 Å². The first-order chi connectivity index (χ1) is 17.1. The number of para-hydroxylation sites is 1. The first-order valence-corrected chi connectivity index (χ1v) is 11.7. The SMILES string of the molecule is CC/C(=C(/c1ccc(/C=C/C(=O)O)cc1)c1[nH]c2ccccc2c1Cl)c1ccc(Cl)cc1C(F)(F)F. The van der Waals surface area contributed by atoms with Crippen molar-refractivity contribution >= 4 is 57.3 Å². The standard InChI is InChI=1S/C28H20Cl2F3NO2/c1-2-19(20-13-12-18(29)15-22(20)28(31,32)33)25(17-10-7-16(8-11-17)9-14-24(35)36)27-26(30)21-5-3-4-6-23(21)34-27/h3-15,34H,2H2,1H3,(H,35,36)/b14-9+,25-19+. The predicted molar refractivity (Wildman–Crippen MR) is 139 cm³/mol. The maximum atomic E-state index is 14.1. The minimum Gasteiger partial charge on any atom is -0.478 e. The number of nitrogens with one attached hydrogen (secondary N) is 1. The van der Waals surface area contributed by atoms with Crippen molar-refractivity contribution in [1.82, 2.24) is 4.98 Å².